The molecule has 1 aromatic heterocycles. The second kappa shape index (κ2) is 4.82. The molecule has 0 aliphatic carbocycles. The smallest absolute Gasteiger partial charge is 0.338 e. The first-order valence-corrected chi connectivity index (χ1v) is 5.08. The summed E-state index contributed by atoms with van der Waals surface area (Å²) in [5.41, 5.74) is -0.0630. The highest BCUT2D eigenvalue weighted by molar-refractivity contribution is 14.1. The van der Waals surface area contributed by atoms with Crippen LogP contribution in [0.2, 0.25) is 0 Å². The predicted molar refractivity (Wildman–Crippen MR) is 58.0 cm³/mol. The summed E-state index contributed by atoms with van der Waals surface area (Å²) in [7, 11) is 1.16. The van der Waals surface area contributed by atoms with Crippen LogP contribution in [-0.4, -0.2) is 18.1 Å². The number of hydrogen-bond donors (Lipinski definition) is 0. The minimum atomic E-state index is -2.73. The third kappa shape index (κ3) is 2.42. The van der Waals surface area contributed by atoms with E-state index in [1.54, 1.807) is 6.92 Å². The Kier molecular flexibility index (Phi) is 3.95. The third-order valence-electron chi connectivity index (χ3n) is 1.91. The third-order valence-corrected chi connectivity index (χ3v) is 3.00. The largest absolute Gasteiger partial charge is 0.465 e. The molecule has 82 valence electrons. The fraction of sp³-hybridized carbons (Fsp3) is 0.333. The minimum Gasteiger partial charge on any atom is -0.465 e. The lowest BCUT2D eigenvalue weighted by atomic mass is 10.1. The van der Waals surface area contributed by atoms with Gasteiger partial charge in [-0.05, 0) is 35.1 Å². The number of aromatic nitrogens is 1. The number of carbonyl (C=O) groups excluding carboxylic acids is 1. The number of halogens is 3. The molecule has 0 aliphatic heterocycles. The molecule has 0 saturated heterocycles. The first-order valence-electron chi connectivity index (χ1n) is 4.00. The van der Waals surface area contributed by atoms with Gasteiger partial charge in [0.25, 0.3) is 6.43 Å². The van der Waals surface area contributed by atoms with E-state index in [-0.39, 0.29) is 11.1 Å². The van der Waals surface area contributed by atoms with Crippen LogP contribution in [0.3, 0.4) is 0 Å². The summed E-state index contributed by atoms with van der Waals surface area (Å²) in [6, 6.07) is 0. The molecule has 1 heterocycles. The van der Waals surface area contributed by atoms with Crippen LogP contribution in [0.4, 0.5) is 8.78 Å². The standard InChI is InChI=1S/C9H8F2INO2/c1-4-6(9(14)15-2)5(7(10)11)3-13-8(4)12/h3,7H,1-2H3. The SMILES string of the molecule is COC(=O)c1c(C(F)F)cnc(I)c1C. The lowest BCUT2D eigenvalue weighted by Gasteiger charge is -2.10. The van der Waals surface area contributed by atoms with Gasteiger partial charge >= 0.3 is 5.97 Å². The summed E-state index contributed by atoms with van der Waals surface area (Å²) >= 11 is 1.88. The van der Waals surface area contributed by atoms with Crippen LogP contribution in [0.1, 0.15) is 27.9 Å². The highest BCUT2D eigenvalue weighted by Gasteiger charge is 2.23. The topological polar surface area (TPSA) is 39.2 Å². The molecule has 6 heteroatoms. The van der Waals surface area contributed by atoms with E-state index in [1.165, 1.54) is 0 Å². The molecule has 1 aromatic rings. The molecule has 0 radical (unpaired) electrons. The van der Waals surface area contributed by atoms with E-state index < -0.39 is 12.4 Å². The Morgan fingerprint density at radius 2 is 2.20 bits per heavy atom. The van der Waals surface area contributed by atoms with Crippen molar-refractivity contribution in [3.8, 4) is 0 Å². The number of hydrogen-bond acceptors (Lipinski definition) is 3. The van der Waals surface area contributed by atoms with E-state index in [9.17, 15) is 13.6 Å². The lowest BCUT2D eigenvalue weighted by Crippen LogP contribution is -2.11. The number of nitrogens with zero attached hydrogens (tertiary/aromatic N) is 1. The molecule has 3 nitrogen and oxygen atoms in total. The maximum Gasteiger partial charge on any atom is 0.338 e. The van der Waals surface area contributed by atoms with E-state index in [4.69, 9.17) is 0 Å². The molecule has 0 atom stereocenters. The van der Waals surface area contributed by atoms with Crippen molar-refractivity contribution in [1.82, 2.24) is 4.98 Å². The molecule has 0 saturated carbocycles. The Hall–Kier alpha value is -0.790. The molecule has 0 aromatic carbocycles. The van der Waals surface area contributed by atoms with Gasteiger partial charge in [0, 0.05) is 6.20 Å². The van der Waals surface area contributed by atoms with Gasteiger partial charge in [0.05, 0.1) is 18.2 Å². The molecule has 0 aliphatic rings. The first kappa shape index (κ1) is 12.3. The molecular weight excluding hydrogens is 319 g/mol. The molecule has 0 bridgehead atoms. The molecular formula is C9H8F2INO2. The summed E-state index contributed by atoms with van der Waals surface area (Å²) in [5, 5.41) is 0. The maximum absolute atomic E-state index is 12.6. The zero-order valence-corrected chi connectivity index (χ0v) is 10.2. The molecule has 0 unspecified atom stereocenters. The van der Waals surface area contributed by atoms with Crippen molar-refractivity contribution in [2.24, 2.45) is 0 Å². The highest BCUT2D eigenvalue weighted by atomic mass is 127. The van der Waals surface area contributed by atoms with Gasteiger partial charge in [0.1, 0.15) is 3.70 Å². The van der Waals surface area contributed by atoms with Gasteiger partial charge in [-0.1, -0.05) is 0 Å². The Bertz CT molecular complexity index is 396. The van der Waals surface area contributed by atoms with E-state index >= 15 is 0 Å². The summed E-state index contributed by atoms with van der Waals surface area (Å²) < 4.78 is 30.1. The molecule has 0 N–H and O–H groups in total. The highest BCUT2D eigenvalue weighted by Crippen LogP contribution is 2.27. The van der Waals surface area contributed by atoms with Crippen molar-refractivity contribution >= 4 is 28.6 Å². The number of pyridine rings is 1. The van der Waals surface area contributed by atoms with Gasteiger partial charge < -0.3 is 4.74 Å². The Balaban J connectivity index is 3.41. The van der Waals surface area contributed by atoms with Crippen LogP contribution in [0.15, 0.2) is 6.20 Å². The molecule has 15 heavy (non-hydrogen) atoms. The minimum absolute atomic E-state index is 0.0908. The number of rotatable bonds is 2. The average Bonchev–Trinajstić information content (AvgIpc) is 2.20. The van der Waals surface area contributed by atoms with Gasteiger partial charge in [-0.2, -0.15) is 0 Å². The number of esters is 1. The van der Waals surface area contributed by atoms with Crippen molar-refractivity contribution in [1.29, 1.82) is 0 Å². The Morgan fingerprint density at radius 3 is 2.67 bits per heavy atom. The van der Waals surface area contributed by atoms with Gasteiger partial charge in [0.2, 0.25) is 0 Å². The molecule has 0 spiro atoms. The normalized spacial score (nSPS) is 10.5. The van der Waals surface area contributed by atoms with Gasteiger partial charge in [-0.15, -0.1) is 0 Å². The fourth-order valence-corrected chi connectivity index (χ4v) is 1.55. The quantitative estimate of drug-likeness (QED) is 0.476. The van der Waals surface area contributed by atoms with Gasteiger partial charge in [-0.25, -0.2) is 18.6 Å². The van der Waals surface area contributed by atoms with Crippen molar-refractivity contribution in [3.05, 3.63) is 26.6 Å². The van der Waals surface area contributed by atoms with Crippen LogP contribution in [0.25, 0.3) is 0 Å². The zero-order chi connectivity index (χ0) is 11.6. The monoisotopic (exact) mass is 327 g/mol. The molecule has 1 rings (SSSR count). The summed E-state index contributed by atoms with van der Waals surface area (Å²) in [6.07, 6.45) is -1.73. The van der Waals surface area contributed by atoms with Crippen LogP contribution in [-0.2, 0) is 4.74 Å². The van der Waals surface area contributed by atoms with Crippen LogP contribution >= 0.6 is 22.6 Å². The first-order chi connectivity index (χ1) is 6.99. The van der Waals surface area contributed by atoms with Crippen LogP contribution in [0.5, 0.6) is 0 Å². The average molecular weight is 327 g/mol. The van der Waals surface area contributed by atoms with Crippen LogP contribution in [0, 0.1) is 10.6 Å². The summed E-state index contributed by atoms with van der Waals surface area (Å²) in [5.74, 6) is -0.761. The van der Waals surface area contributed by atoms with Crippen molar-refractivity contribution < 1.29 is 18.3 Å². The lowest BCUT2D eigenvalue weighted by molar-refractivity contribution is 0.0588. The number of ether oxygens (including phenoxy) is 1. The maximum atomic E-state index is 12.6. The molecule has 0 amide bonds. The van der Waals surface area contributed by atoms with Crippen molar-refractivity contribution in [2.75, 3.05) is 7.11 Å². The number of carbonyl (C=O) groups is 1. The van der Waals surface area contributed by atoms with Gasteiger partial charge in [0.15, 0.2) is 0 Å². The molecule has 0 fully saturated rings. The van der Waals surface area contributed by atoms with Gasteiger partial charge in [-0.3, -0.25) is 0 Å². The zero-order valence-electron chi connectivity index (χ0n) is 8.05. The van der Waals surface area contributed by atoms with Crippen molar-refractivity contribution in [3.63, 3.8) is 0 Å². The van der Waals surface area contributed by atoms with E-state index in [2.05, 4.69) is 9.72 Å². The second-order valence-corrected chi connectivity index (χ2v) is 3.82. The second-order valence-electron chi connectivity index (χ2n) is 2.80. The van der Waals surface area contributed by atoms with E-state index in [1.807, 2.05) is 22.6 Å². The fourth-order valence-electron chi connectivity index (χ4n) is 1.15. The Labute approximate surface area is 99.0 Å². The van der Waals surface area contributed by atoms with Crippen LogP contribution < -0.4 is 0 Å². The predicted octanol–water partition coefficient (Wildman–Crippen LogP) is 2.72. The summed E-state index contributed by atoms with van der Waals surface area (Å²) in [4.78, 5) is 15.1. The number of alkyl halides is 2. The number of methoxy groups -OCH3 is 1. The van der Waals surface area contributed by atoms with Crippen molar-refractivity contribution in [2.45, 2.75) is 13.3 Å². The summed E-state index contributed by atoms with van der Waals surface area (Å²) in [6.45, 7) is 1.56. The van der Waals surface area contributed by atoms with E-state index in [0.29, 0.717) is 9.26 Å². The Morgan fingerprint density at radius 1 is 1.60 bits per heavy atom. The van der Waals surface area contributed by atoms with E-state index in [0.717, 1.165) is 13.3 Å².